The maximum atomic E-state index is 11.1. The molecule has 0 aliphatic rings. The fourth-order valence-corrected chi connectivity index (χ4v) is 1.14. The van der Waals surface area contributed by atoms with Gasteiger partial charge in [0.05, 0.1) is 12.0 Å². The number of rotatable bonds is 4. The van der Waals surface area contributed by atoms with Crippen LogP contribution in [-0.4, -0.2) is 34.0 Å². The number of nitrogens with zero attached hydrogens (tertiary/aromatic N) is 1. The molecule has 0 heterocycles. The minimum atomic E-state index is -1.76. The van der Waals surface area contributed by atoms with Crippen LogP contribution in [0.25, 0.3) is 0 Å². The van der Waals surface area contributed by atoms with Crippen LogP contribution in [0.4, 0.5) is 5.69 Å². The first-order valence-corrected chi connectivity index (χ1v) is 4.21. The number of aromatic hydroxyl groups is 1. The Morgan fingerprint density at radius 1 is 1.41 bits per heavy atom. The second kappa shape index (κ2) is 4.47. The van der Waals surface area contributed by atoms with Crippen LogP contribution >= 0.6 is 0 Å². The van der Waals surface area contributed by atoms with Crippen molar-refractivity contribution in [3.63, 3.8) is 0 Å². The quantitative estimate of drug-likeness (QED) is 0.341. The van der Waals surface area contributed by atoms with E-state index in [4.69, 9.17) is 5.11 Å². The molecule has 0 saturated carbocycles. The predicted octanol–water partition coefficient (Wildman–Crippen LogP) is 0.576. The Hall–Kier alpha value is -2.64. The van der Waals surface area contributed by atoms with Crippen LogP contribution in [0.2, 0.25) is 0 Å². The molecule has 0 radical (unpaired) electrons. The number of carbonyl (C=O) groups excluding carboxylic acids is 1. The van der Waals surface area contributed by atoms with Crippen molar-refractivity contribution in [1.29, 1.82) is 0 Å². The number of ether oxygens (including phenoxy) is 1. The topological polar surface area (TPSA) is 127 Å². The van der Waals surface area contributed by atoms with E-state index in [1.165, 1.54) is 0 Å². The second-order valence-corrected chi connectivity index (χ2v) is 2.94. The highest BCUT2D eigenvalue weighted by Gasteiger charge is 2.24. The lowest BCUT2D eigenvalue weighted by molar-refractivity contribution is -0.386. The normalized spacial score (nSPS) is 9.71. The van der Waals surface area contributed by atoms with Gasteiger partial charge in [0.2, 0.25) is 5.75 Å². The number of methoxy groups -OCH3 is 1. The molecule has 0 aliphatic heterocycles. The first-order chi connectivity index (χ1) is 7.88. The van der Waals surface area contributed by atoms with Crippen molar-refractivity contribution in [2.75, 3.05) is 7.11 Å². The number of hydrogen-bond acceptors (Lipinski definition) is 6. The van der Waals surface area contributed by atoms with Crippen LogP contribution in [0.15, 0.2) is 12.1 Å². The van der Waals surface area contributed by atoms with Gasteiger partial charge < -0.3 is 14.9 Å². The summed E-state index contributed by atoms with van der Waals surface area (Å²) in [6.45, 7) is 0. The number of carboxylic acid groups (broad SMARTS) is 1. The number of hydrogen-bond donors (Lipinski definition) is 2. The van der Waals surface area contributed by atoms with Crippen LogP contribution in [0.3, 0.4) is 0 Å². The minimum Gasteiger partial charge on any atom is -0.500 e. The Labute approximate surface area is 94.2 Å². The fourth-order valence-electron chi connectivity index (χ4n) is 1.14. The number of carbonyl (C=O) groups is 2. The number of ketones is 1. The molecule has 0 fully saturated rings. The molecule has 8 nitrogen and oxygen atoms in total. The van der Waals surface area contributed by atoms with Crippen LogP contribution in [0, 0.1) is 10.1 Å². The third-order valence-corrected chi connectivity index (χ3v) is 1.93. The summed E-state index contributed by atoms with van der Waals surface area (Å²) < 4.78 is 4.61. The lowest BCUT2D eigenvalue weighted by Crippen LogP contribution is -2.13. The van der Waals surface area contributed by atoms with Crippen molar-refractivity contribution in [2.24, 2.45) is 0 Å². The van der Waals surface area contributed by atoms with Gasteiger partial charge in [-0.05, 0) is 6.07 Å². The zero-order valence-electron chi connectivity index (χ0n) is 8.54. The van der Waals surface area contributed by atoms with Crippen molar-refractivity contribution < 1.29 is 29.5 Å². The Kier molecular flexibility index (Phi) is 3.27. The Morgan fingerprint density at radius 3 is 2.41 bits per heavy atom. The highest BCUT2D eigenvalue weighted by molar-refractivity contribution is 6.40. The highest BCUT2D eigenvalue weighted by atomic mass is 16.6. The molecular weight excluding hydrogens is 234 g/mol. The summed E-state index contributed by atoms with van der Waals surface area (Å²) in [5, 5.41) is 28.4. The SMILES string of the molecule is COc1cc(C(=O)C(=O)O)cc([N+](=O)[O-])c1O. The van der Waals surface area contributed by atoms with E-state index in [9.17, 15) is 24.8 Å². The molecule has 1 rings (SSSR count). The largest absolute Gasteiger partial charge is 0.500 e. The summed E-state index contributed by atoms with van der Waals surface area (Å²) in [6.07, 6.45) is 0. The number of nitro benzene ring substituents is 1. The van der Waals surface area contributed by atoms with Crippen LogP contribution < -0.4 is 4.74 Å². The molecule has 0 aliphatic carbocycles. The first-order valence-electron chi connectivity index (χ1n) is 4.21. The molecule has 90 valence electrons. The molecule has 17 heavy (non-hydrogen) atoms. The molecule has 0 bridgehead atoms. The second-order valence-electron chi connectivity index (χ2n) is 2.94. The van der Waals surface area contributed by atoms with Gasteiger partial charge >= 0.3 is 11.7 Å². The van der Waals surface area contributed by atoms with Gasteiger partial charge in [-0.2, -0.15) is 0 Å². The average molecular weight is 241 g/mol. The average Bonchev–Trinajstić information content (AvgIpc) is 2.27. The molecule has 8 heteroatoms. The number of benzene rings is 1. The Bertz CT molecular complexity index is 508. The highest BCUT2D eigenvalue weighted by Crippen LogP contribution is 2.36. The summed E-state index contributed by atoms with van der Waals surface area (Å²) in [4.78, 5) is 31.2. The van der Waals surface area contributed by atoms with Crippen LogP contribution in [-0.2, 0) is 4.79 Å². The van der Waals surface area contributed by atoms with Gasteiger partial charge in [-0.15, -0.1) is 0 Å². The standard InChI is InChI=1S/C9H7NO7/c1-17-6-3-4(7(11)9(13)14)2-5(8(6)12)10(15)16/h2-3,12H,1H3,(H,13,14). The maximum Gasteiger partial charge on any atom is 0.377 e. The van der Waals surface area contributed by atoms with Gasteiger partial charge in [0.25, 0.3) is 5.78 Å². The Morgan fingerprint density at radius 2 is 2.00 bits per heavy atom. The monoisotopic (exact) mass is 241 g/mol. The van der Waals surface area contributed by atoms with Crippen molar-refractivity contribution >= 4 is 17.4 Å². The van der Waals surface area contributed by atoms with Crippen molar-refractivity contribution in [2.45, 2.75) is 0 Å². The summed E-state index contributed by atoms with van der Waals surface area (Å²) in [5.41, 5.74) is -1.24. The molecule has 0 spiro atoms. The fraction of sp³-hybridized carbons (Fsp3) is 0.111. The number of carboxylic acids is 1. The molecule has 0 atom stereocenters. The van der Waals surface area contributed by atoms with E-state index in [-0.39, 0.29) is 5.75 Å². The van der Waals surface area contributed by atoms with Gasteiger partial charge in [-0.1, -0.05) is 0 Å². The molecule has 0 saturated heterocycles. The third kappa shape index (κ3) is 2.30. The van der Waals surface area contributed by atoms with E-state index < -0.39 is 33.7 Å². The lowest BCUT2D eigenvalue weighted by atomic mass is 10.1. The van der Waals surface area contributed by atoms with Crippen molar-refractivity contribution in [3.8, 4) is 11.5 Å². The van der Waals surface area contributed by atoms with Crippen LogP contribution in [0.5, 0.6) is 11.5 Å². The van der Waals surface area contributed by atoms with E-state index in [1.54, 1.807) is 0 Å². The van der Waals surface area contributed by atoms with Crippen molar-refractivity contribution in [1.82, 2.24) is 0 Å². The van der Waals surface area contributed by atoms with Gasteiger partial charge in [0, 0.05) is 11.6 Å². The molecule has 2 N–H and O–H groups in total. The lowest BCUT2D eigenvalue weighted by Gasteiger charge is -2.05. The number of Topliss-reactive ketones (excluding diaryl/α,β-unsaturated/α-hetero) is 1. The molecule has 1 aromatic rings. The molecular formula is C9H7NO7. The van der Waals surface area contributed by atoms with E-state index in [1.807, 2.05) is 0 Å². The molecule has 1 aromatic carbocycles. The smallest absolute Gasteiger partial charge is 0.377 e. The first kappa shape index (κ1) is 12.4. The number of phenolic OH excluding ortho intramolecular Hbond substituents is 1. The third-order valence-electron chi connectivity index (χ3n) is 1.93. The zero-order chi connectivity index (χ0) is 13.2. The van der Waals surface area contributed by atoms with Gasteiger partial charge in [0.15, 0.2) is 5.75 Å². The molecule has 0 unspecified atom stereocenters. The van der Waals surface area contributed by atoms with Crippen molar-refractivity contribution in [3.05, 3.63) is 27.8 Å². The summed E-state index contributed by atoms with van der Waals surface area (Å²) >= 11 is 0. The Balaban J connectivity index is 3.45. The molecule has 0 aromatic heterocycles. The van der Waals surface area contributed by atoms with Gasteiger partial charge in [0.1, 0.15) is 0 Å². The molecule has 0 amide bonds. The van der Waals surface area contributed by atoms with Crippen LogP contribution in [0.1, 0.15) is 10.4 Å². The van der Waals surface area contributed by atoms with E-state index in [0.717, 1.165) is 13.2 Å². The minimum absolute atomic E-state index is 0.344. The zero-order valence-corrected chi connectivity index (χ0v) is 8.54. The number of aliphatic carboxylic acids is 1. The van der Waals surface area contributed by atoms with Gasteiger partial charge in [-0.25, -0.2) is 4.79 Å². The summed E-state index contributed by atoms with van der Waals surface area (Å²) in [7, 11) is 1.12. The number of phenols is 1. The van der Waals surface area contributed by atoms with E-state index in [2.05, 4.69) is 4.74 Å². The van der Waals surface area contributed by atoms with E-state index in [0.29, 0.717) is 6.07 Å². The number of nitro groups is 1. The summed E-state index contributed by atoms with van der Waals surface area (Å²) in [6, 6.07) is 1.59. The van der Waals surface area contributed by atoms with Gasteiger partial charge in [-0.3, -0.25) is 14.9 Å². The predicted molar refractivity (Wildman–Crippen MR) is 53.3 cm³/mol. The summed E-state index contributed by atoms with van der Waals surface area (Å²) in [5.74, 6) is -4.19. The van der Waals surface area contributed by atoms with E-state index >= 15 is 0 Å². The maximum absolute atomic E-state index is 11.1.